The van der Waals surface area contributed by atoms with E-state index >= 15 is 0 Å². The molecule has 3 N–H and O–H groups in total. The van der Waals surface area contributed by atoms with Crippen molar-refractivity contribution < 1.29 is 14.9 Å². The van der Waals surface area contributed by atoms with Gasteiger partial charge in [0, 0.05) is 13.1 Å². The predicted molar refractivity (Wildman–Crippen MR) is 81.1 cm³/mol. The first kappa shape index (κ1) is 17.4. The lowest BCUT2D eigenvalue weighted by Gasteiger charge is -2.24. The third kappa shape index (κ3) is 7.09. The minimum absolute atomic E-state index is 0.162. The van der Waals surface area contributed by atoms with E-state index in [-0.39, 0.29) is 6.61 Å². The number of nitriles is 1. The Morgan fingerprint density at radius 2 is 2.05 bits per heavy atom. The lowest BCUT2D eigenvalue weighted by molar-refractivity contribution is 0.0427. The van der Waals surface area contributed by atoms with Gasteiger partial charge in [-0.3, -0.25) is 0 Å². The summed E-state index contributed by atoms with van der Waals surface area (Å²) < 4.78 is 5.44. The number of rotatable bonds is 9. The maximum atomic E-state index is 9.98. The summed E-state index contributed by atoms with van der Waals surface area (Å²) in [7, 11) is 0. The number of hydrogen-bond acceptors (Lipinski definition) is 5. The first-order valence-electron chi connectivity index (χ1n) is 7.21. The minimum atomic E-state index is -0.748. The molecular formula is C16H24N2O3. The Morgan fingerprint density at radius 1 is 1.38 bits per heavy atom. The number of benzene rings is 1. The van der Waals surface area contributed by atoms with Gasteiger partial charge in [0.2, 0.25) is 0 Å². The molecule has 5 heteroatoms. The van der Waals surface area contributed by atoms with Crippen LogP contribution < -0.4 is 10.1 Å². The summed E-state index contributed by atoms with van der Waals surface area (Å²) in [5, 5.41) is 31.5. The third-order valence-electron chi connectivity index (χ3n) is 3.10. The van der Waals surface area contributed by atoms with Crippen molar-refractivity contribution >= 4 is 0 Å². The van der Waals surface area contributed by atoms with Gasteiger partial charge in [-0.15, -0.1) is 0 Å². The zero-order valence-corrected chi connectivity index (χ0v) is 12.7. The number of aliphatic hydroxyl groups is 2. The largest absolute Gasteiger partial charge is 0.491 e. The van der Waals surface area contributed by atoms with Crippen LogP contribution in [0.25, 0.3) is 0 Å². The average Bonchev–Trinajstić information content (AvgIpc) is 2.45. The second-order valence-corrected chi connectivity index (χ2v) is 5.48. The van der Waals surface area contributed by atoms with Gasteiger partial charge in [-0.25, -0.2) is 0 Å². The Morgan fingerprint density at radius 3 is 2.62 bits per heavy atom. The van der Waals surface area contributed by atoms with Crippen LogP contribution in [0.2, 0.25) is 0 Å². The Labute approximate surface area is 126 Å². The SMILES string of the molecule is CCCC(C)(O)CNCC(O)COc1ccc(C#N)cc1. The van der Waals surface area contributed by atoms with E-state index in [9.17, 15) is 10.2 Å². The molecule has 5 nitrogen and oxygen atoms in total. The molecular weight excluding hydrogens is 268 g/mol. The Kier molecular flexibility index (Phi) is 7.17. The Hall–Kier alpha value is -1.61. The van der Waals surface area contributed by atoms with Crippen LogP contribution in [0.3, 0.4) is 0 Å². The molecule has 0 aromatic heterocycles. The molecule has 0 aliphatic heterocycles. The van der Waals surface area contributed by atoms with Gasteiger partial charge in [-0.2, -0.15) is 5.26 Å². The molecule has 0 spiro atoms. The van der Waals surface area contributed by atoms with Gasteiger partial charge in [0.15, 0.2) is 0 Å². The molecule has 0 saturated heterocycles. The Bertz CT molecular complexity index is 452. The van der Waals surface area contributed by atoms with Crippen LogP contribution in [0, 0.1) is 11.3 Å². The minimum Gasteiger partial charge on any atom is -0.491 e. The van der Waals surface area contributed by atoms with Crippen molar-refractivity contribution in [1.82, 2.24) is 5.32 Å². The monoisotopic (exact) mass is 292 g/mol. The van der Waals surface area contributed by atoms with Crippen molar-refractivity contribution in [2.75, 3.05) is 19.7 Å². The van der Waals surface area contributed by atoms with Gasteiger partial charge in [0.25, 0.3) is 0 Å². The van der Waals surface area contributed by atoms with Crippen LogP contribution in [0.1, 0.15) is 32.3 Å². The van der Waals surface area contributed by atoms with Gasteiger partial charge in [-0.05, 0) is 37.6 Å². The first-order chi connectivity index (χ1) is 9.96. The predicted octanol–water partition coefficient (Wildman–Crippen LogP) is 1.44. The number of nitrogens with one attached hydrogen (secondary N) is 1. The van der Waals surface area contributed by atoms with E-state index in [2.05, 4.69) is 5.32 Å². The van der Waals surface area contributed by atoms with Crippen molar-refractivity contribution in [2.24, 2.45) is 0 Å². The molecule has 0 aliphatic rings. The lowest BCUT2D eigenvalue weighted by Crippen LogP contribution is -2.41. The molecule has 2 atom stereocenters. The van der Waals surface area contributed by atoms with E-state index in [4.69, 9.17) is 10.00 Å². The summed E-state index contributed by atoms with van der Waals surface area (Å²) in [4.78, 5) is 0. The molecule has 0 fully saturated rings. The summed E-state index contributed by atoms with van der Waals surface area (Å²) in [6.45, 7) is 4.76. The summed E-state index contributed by atoms with van der Waals surface area (Å²) in [5.41, 5.74) is -0.176. The van der Waals surface area contributed by atoms with Crippen molar-refractivity contribution in [3.05, 3.63) is 29.8 Å². The fraction of sp³-hybridized carbons (Fsp3) is 0.562. The van der Waals surface area contributed by atoms with Crippen LogP contribution in [0.4, 0.5) is 0 Å². The molecule has 116 valence electrons. The van der Waals surface area contributed by atoms with E-state index in [1.807, 2.05) is 13.0 Å². The number of hydrogen-bond donors (Lipinski definition) is 3. The van der Waals surface area contributed by atoms with E-state index < -0.39 is 11.7 Å². The van der Waals surface area contributed by atoms with Gasteiger partial charge < -0.3 is 20.3 Å². The Balaban J connectivity index is 2.24. The van der Waals surface area contributed by atoms with Gasteiger partial charge in [0.1, 0.15) is 18.5 Å². The van der Waals surface area contributed by atoms with Crippen LogP contribution >= 0.6 is 0 Å². The zero-order chi connectivity index (χ0) is 15.7. The van der Waals surface area contributed by atoms with E-state index in [1.165, 1.54) is 0 Å². The lowest BCUT2D eigenvalue weighted by atomic mass is 10.0. The van der Waals surface area contributed by atoms with E-state index in [1.54, 1.807) is 31.2 Å². The van der Waals surface area contributed by atoms with Crippen molar-refractivity contribution in [3.8, 4) is 11.8 Å². The number of aliphatic hydroxyl groups excluding tert-OH is 1. The summed E-state index contributed by atoms with van der Waals surface area (Å²) in [6.07, 6.45) is 0.981. The smallest absolute Gasteiger partial charge is 0.119 e. The summed E-state index contributed by atoms with van der Waals surface area (Å²) in [5.74, 6) is 0.617. The molecule has 21 heavy (non-hydrogen) atoms. The molecule has 0 radical (unpaired) electrons. The molecule has 0 heterocycles. The van der Waals surface area contributed by atoms with Crippen LogP contribution in [-0.4, -0.2) is 41.6 Å². The summed E-state index contributed by atoms with van der Waals surface area (Å²) in [6, 6.07) is 8.77. The molecule has 0 aliphatic carbocycles. The number of ether oxygens (including phenoxy) is 1. The highest BCUT2D eigenvalue weighted by molar-refractivity contribution is 5.34. The normalized spacial score (nSPS) is 15.0. The standard InChI is InChI=1S/C16H24N2O3/c1-3-8-16(2,20)12-18-10-14(19)11-21-15-6-4-13(9-17)5-7-15/h4-7,14,18-20H,3,8,10-12H2,1-2H3. The highest BCUT2D eigenvalue weighted by Crippen LogP contribution is 2.12. The fourth-order valence-corrected chi connectivity index (χ4v) is 2.01. The topological polar surface area (TPSA) is 85.5 Å². The van der Waals surface area contributed by atoms with Crippen LogP contribution in [-0.2, 0) is 0 Å². The highest BCUT2D eigenvalue weighted by atomic mass is 16.5. The fourth-order valence-electron chi connectivity index (χ4n) is 2.01. The van der Waals surface area contributed by atoms with Crippen molar-refractivity contribution in [1.29, 1.82) is 5.26 Å². The molecule has 1 rings (SSSR count). The number of nitrogens with zero attached hydrogens (tertiary/aromatic N) is 1. The van der Waals surface area contributed by atoms with Crippen LogP contribution in [0.15, 0.2) is 24.3 Å². The summed E-state index contributed by atoms with van der Waals surface area (Å²) >= 11 is 0. The first-order valence-corrected chi connectivity index (χ1v) is 7.21. The second kappa shape index (κ2) is 8.63. The average molecular weight is 292 g/mol. The van der Waals surface area contributed by atoms with Crippen molar-refractivity contribution in [2.45, 2.75) is 38.4 Å². The van der Waals surface area contributed by atoms with E-state index in [0.29, 0.717) is 24.4 Å². The van der Waals surface area contributed by atoms with Gasteiger partial charge in [-0.1, -0.05) is 13.3 Å². The quantitative estimate of drug-likeness (QED) is 0.641. The zero-order valence-electron chi connectivity index (χ0n) is 12.7. The molecule has 1 aromatic rings. The van der Waals surface area contributed by atoms with Gasteiger partial charge in [0.05, 0.1) is 17.2 Å². The highest BCUT2D eigenvalue weighted by Gasteiger charge is 2.18. The molecule has 0 amide bonds. The maximum absolute atomic E-state index is 9.98. The van der Waals surface area contributed by atoms with E-state index in [0.717, 1.165) is 12.8 Å². The molecule has 2 unspecified atom stereocenters. The van der Waals surface area contributed by atoms with Gasteiger partial charge >= 0.3 is 0 Å². The maximum Gasteiger partial charge on any atom is 0.119 e. The van der Waals surface area contributed by atoms with Crippen molar-refractivity contribution in [3.63, 3.8) is 0 Å². The molecule has 1 aromatic carbocycles. The third-order valence-corrected chi connectivity index (χ3v) is 3.10. The van der Waals surface area contributed by atoms with Crippen LogP contribution in [0.5, 0.6) is 5.75 Å². The molecule has 0 saturated carbocycles. The molecule has 0 bridgehead atoms. The second-order valence-electron chi connectivity index (χ2n) is 5.48.